The fourth-order valence-electron chi connectivity index (χ4n) is 4.58. The summed E-state index contributed by atoms with van der Waals surface area (Å²) in [6, 6.07) is 4.00. The molecule has 7 nitrogen and oxygen atoms in total. The van der Waals surface area contributed by atoms with E-state index in [0.717, 1.165) is 36.1 Å². The lowest BCUT2D eigenvalue weighted by Crippen LogP contribution is -2.40. The van der Waals surface area contributed by atoms with Crippen molar-refractivity contribution in [3.63, 3.8) is 0 Å². The van der Waals surface area contributed by atoms with Crippen LogP contribution >= 0.6 is 0 Å². The molecule has 4 rings (SSSR count). The average Bonchev–Trinajstić information content (AvgIpc) is 3.21. The summed E-state index contributed by atoms with van der Waals surface area (Å²) in [5, 5.41) is 6.00. The Morgan fingerprint density at radius 3 is 2.76 bits per heavy atom. The largest absolute Gasteiger partial charge is 0.342 e. The van der Waals surface area contributed by atoms with Crippen molar-refractivity contribution in [2.24, 2.45) is 5.92 Å². The molecular weight excluding hydrogens is 388 g/mol. The molecule has 2 aromatic rings. The van der Waals surface area contributed by atoms with E-state index >= 15 is 0 Å². The molecule has 2 aliphatic rings. The molecule has 2 unspecified atom stereocenters. The Bertz CT molecular complexity index is 1020. The highest BCUT2D eigenvalue weighted by molar-refractivity contribution is 7.91. The van der Waals surface area contributed by atoms with Crippen LogP contribution < -0.4 is 0 Å². The van der Waals surface area contributed by atoms with E-state index in [2.05, 4.69) is 31.8 Å². The van der Waals surface area contributed by atoms with Crippen LogP contribution in [0.15, 0.2) is 18.3 Å². The van der Waals surface area contributed by atoms with Gasteiger partial charge in [0.25, 0.3) is 0 Å². The first-order valence-corrected chi connectivity index (χ1v) is 12.3. The third-order valence-electron chi connectivity index (χ3n) is 6.06. The molecule has 1 amide bonds. The van der Waals surface area contributed by atoms with E-state index in [1.165, 1.54) is 0 Å². The van der Waals surface area contributed by atoms with Crippen molar-refractivity contribution in [1.29, 1.82) is 0 Å². The molecule has 2 fully saturated rings. The molecule has 0 bridgehead atoms. The monoisotopic (exact) mass is 418 g/mol. The molecule has 0 saturated carbocycles. The molecule has 0 radical (unpaired) electrons. The van der Waals surface area contributed by atoms with Crippen LogP contribution in [0.3, 0.4) is 0 Å². The SMILES string of the molecule is CC(C)(C)n1nc(C2CCCN(C(=O)CC3CCS(=O)(=O)C3)C2)c2cccnc21. The van der Waals surface area contributed by atoms with Crippen molar-refractivity contribution in [3.05, 3.63) is 24.0 Å². The standard InChI is InChI=1S/C21H30N4O3S/c1-21(2,3)25-20-17(7-4-9-22-20)19(23-25)16-6-5-10-24(13-16)18(26)12-15-8-11-29(27,28)14-15/h4,7,9,15-16H,5-6,8,10-14H2,1-3H3. The lowest BCUT2D eigenvalue weighted by atomic mass is 9.92. The van der Waals surface area contributed by atoms with E-state index in [-0.39, 0.29) is 34.8 Å². The Morgan fingerprint density at radius 1 is 1.28 bits per heavy atom. The third kappa shape index (κ3) is 4.17. The predicted octanol–water partition coefficient (Wildman–Crippen LogP) is 2.72. The number of fused-ring (bicyclic) bond motifs is 1. The fraction of sp³-hybridized carbons (Fsp3) is 0.667. The molecule has 2 aliphatic heterocycles. The quantitative estimate of drug-likeness (QED) is 0.765. The number of rotatable bonds is 3. The van der Waals surface area contributed by atoms with Gasteiger partial charge in [0, 0.05) is 37.0 Å². The van der Waals surface area contributed by atoms with Crippen LogP contribution in [0.25, 0.3) is 11.0 Å². The van der Waals surface area contributed by atoms with Crippen molar-refractivity contribution in [2.45, 2.75) is 57.9 Å². The van der Waals surface area contributed by atoms with Gasteiger partial charge in [-0.05, 0) is 58.1 Å². The molecular formula is C21H30N4O3S. The second kappa shape index (κ2) is 7.38. The van der Waals surface area contributed by atoms with Crippen LogP contribution in [0.1, 0.15) is 58.1 Å². The lowest BCUT2D eigenvalue weighted by molar-refractivity contribution is -0.133. The van der Waals surface area contributed by atoms with Gasteiger partial charge in [-0.15, -0.1) is 0 Å². The average molecular weight is 419 g/mol. The van der Waals surface area contributed by atoms with Crippen LogP contribution in [0.2, 0.25) is 0 Å². The maximum absolute atomic E-state index is 12.9. The fourth-order valence-corrected chi connectivity index (χ4v) is 6.44. The topological polar surface area (TPSA) is 85.2 Å². The van der Waals surface area contributed by atoms with Crippen molar-refractivity contribution < 1.29 is 13.2 Å². The van der Waals surface area contributed by atoms with Crippen LogP contribution in [0.5, 0.6) is 0 Å². The van der Waals surface area contributed by atoms with E-state index in [9.17, 15) is 13.2 Å². The Labute approximate surface area is 172 Å². The zero-order chi connectivity index (χ0) is 20.8. The van der Waals surface area contributed by atoms with Gasteiger partial charge < -0.3 is 4.90 Å². The maximum atomic E-state index is 12.9. The number of nitrogens with zero attached hydrogens (tertiary/aromatic N) is 4. The second-order valence-electron chi connectivity index (χ2n) is 9.49. The molecule has 2 atom stereocenters. The molecule has 8 heteroatoms. The molecule has 0 aliphatic carbocycles. The number of carbonyl (C=O) groups excluding carboxylic acids is 1. The van der Waals surface area contributed by atoms with Gasteiger partial charge in [0.15, 0.2) is 15.5 Å². The molecule has 0 aromatic carbocycles. The van der Waals surface area contributed by atoms with Crippen molar-refractivity contribution in [1.82, 2.24) is 19.7 Å². The van der Waals surface area contributed by atoms with Gasteiger partial charge in [-0.1, -0.05) is 0 Å². The van der Waals surface area contributed by atoms with Crippen LogP contribution in [-0.4, -0.2) is 58.6 Å². The van der Waals surface area contributed by atoms with Gasteiger partial charge >= 0.3 is 0 Å². The van der Waals surface area contributed by atoms with Crippen molar-refractivity contribution in [2.75, 3.05) is 24.6 Å². The summed E-state index contributed by atoms with van der Waals surface area (Å²) in [6.07, 6.45) is 4.67. The summed E-state index contributed by atoms with van der Waals surface area (Å²) in [6.45, 7) is 7.73. The van der Waals surface area contributed by atoms with E-state index in [0.29, 0.717) is 19.4 Å². The molecule has 0 spiro atoms. The first-order chi connectivity index (χ1) is 13.6. The highest BCUT2D eigenvalue weighted by atomic mass is 32.2. The van der Waals surface area contributed by atoms with Gasteiger partial charge in [0.2, 0.25) is 5.91 Å². The zero-order valence-corrected chi connectivity index (χ0v) is 18.3. The summed E-state index contributed by atoms with van der Waals surface area (Å²) in [5.41, 5.74) is 1.72. The highest BCUT2D eigenvalue weighted by Gasteiger charge is 2.33. The summed E-state index contributed by atoms with van der Waals surface area (Å²) in [4.78, 5) is 19.3. The third-order valence-corrected chi connectivity index (χ3v) is 7.89. The smallest absolute Gasteiger partial charge is 0.222 e. The van der Waals surface area contributed by atoms with E-state index < -0.39 is 9.84 Å². The molecule has 0 N–H and O–H groups in total. The first-order valence-electron chi connectivity index (χ1n) is 10.5. The second-order valence-corrected chi connectivity index (χ2v) is 11.7. The van der Waals surface area contributed by atoms with Gasteiger partial charge in [-0.3, -0.25) is 4.79 Å². The summed E-state index contributed by atoms with van der Waals surface area (Å²) >= 11 is 0. The van der Waals surface area contributed by atoms with Crippen molar-refractivity contribution >= 4 is 26.8 Å². The van der Waals surface area contributed by atoms with E-state index in [1.807, 2.05) is 15.6 Å². The number of aromatic nitrogens is 3. The summed E-state index contributed by atoms with van der Waals surface area (Å²) in [7, 11) is -2.95. The minimum Gasteiger partial charge on any atom is -0.342 e. The number of hydrogen-bond donors (Lipinski definition) is 0. The van der Waals surface area contributed by atoms with Gasteiger partial charge in [0.05, 0.1) is 22.7 Å². The van der Waals surface area contributed by atoms with Crippen LogP contribution in [0.4, 0.5) is 0 Å². The Hall–Kier alpha value is -1.96. The number of piperidine rings is 1. The number of hydrogen-bond acceptors (Lipinski definition) is 5. The van der Waals surface area contributed by atoms with Crippen LogP contribution in [-0.2, 0) is 20.2 Å². The van der Waals surface area contributed by atoms with Gasteiger partial charge in [-0.2, -0.15) is 5.10 Å². The minimum atomic E-state index is -2.95. The molecule has 158 valence electrons. The van der Waals surface area contributed by atoms with Crippen molar-refractivity contribution in [3.8, 4) is 0 Å². The Balaban J connectivity index is 1.54. The molecule has 2 saturated heterocycles. The zero-order valence-electron chi connectivity index (χ0n) is 17.5. The summed E-state index contributed by atoms with van der Waals surface area (Å²) < 4.78 is 25.4. The lowest BCUT2D eigenvalue weighted by Gasteiger charge is -2.33. The Kier molecular flexibility index (Phi) is 5.17. The molecule has 2 aromatic heterocycles. The number of amides is 1. The Morgan fingerprint density at radius 2 is 2.07 bits per heavy atom. The van der Waals surface area contributed by atoms with E-state index in [4.69, 9.17) is 5.10 Å². The first kappa shape index (κ1) is 20.3. The number of pyridine rings is 1. The number of carbonyl (C=O) groups is 1. The normalized spacial score (nSPS) is 24.9. The predicted molar refractivity (Wildman–Crippen MR) is 112 cm³/mol. The van der Waals surface area contributed by atoms with E-state index in [1.54, 1.807) is 6.20 Å². The molecule has 29 heavy (non-hydrogen) atoms. The number of sulfone groups is 1. The molecule has 4 heterocycles. The summed E-state index contributed by atoms with van der Waals surface area (Å²) in [5.74, 6) is 0.599. The highest BCUT2D eigenvalue weighted by Crippen LogP contribution is 2.33. The minimum absolute atomic E-state index is 0.0296. The maximum Gasteiger partial charge on any atom is 0.222 e. The van der Waals surface area contributed by atoms with Gasteiger partial charge in [0.1, 0.15) is 0 Å². The number of likely N-dealkylation sites (tertiary alicyclic amines) is 1. The van der Waals surface area contributed by atoms with Crippen LogP contribution in [0, 0.1) is 5.92 Å². The van der Waals surface area contributed by atoms with Gasteiger partial charge in [-0.25, -0.2) is 18.1 Å².